The molecule has 6 nitrogen and oxygen atoms in total. The van der Waals surface area contributed by atoms with Gasteiger partial charge in [0, 0.05) is 12.1 Å². The number of aryl methyl sites for hydroxylation is 1. The van der Waals surface area contributed by atoms with Crippen molar-refractivity contribution >= 4 is 15.9 Å². The zero-order chi connectivity index (χ0) is 21.7. The summed E-state index contributed by atoms with van der Waals surface area (Å²) in [5.74, 6) is -0.293. The number of rotatable bonds is 6. The Morgan fingerprint density at radius 1 is 1.07 bits per heavy atom. The molecule has 0 aromatic heterocycles. The molecule has 1 atom stereocenters. The standard InChI is InChI=1S/C23H31N3O3S/c1-17-14-20(15-22(18(17)2)30(24,28)29)23(27)25-16-21(19-10-6-5-7-11-19)26-12-8-3-4-9-13-26/h5-7,10-11,14-15,21H,3-4,8-9,12-13,16H2,1-2H3,(H,25,27)(H2,24,28,29). The number of carbonyl (C=O) groups excluding carboxylic acids is 1. The van der Waals surface area contributed by atoms with E-state index < -0.39 is 10.0 Å². The molecule has 1 saturated heterocycles. The summed E-state index contributed by atoms with van der Waals surface area (Å²) in [7, 11) is -3.90. The van der Waals surface area contributed by atoms with E-state index in [0.717, 1.165) is 31.5 Å². The van der Waals surface area contributed by atoms with Gasteiger partial charge in [0.15, 0.2) is 0 Å². The smallest absolute Gasteiger partial charge is 0.251 e. The highest BCUT2D eigenvalue weighted by Gasteiger charge is 2.23. The van der Waals surface area contributed by atoms with Gasteiger partial charge < -0.3 is 5.32 Å². The summed E-state index contributed by atoms with van der Waals surface area (Å²) < 4.78 is 23.8. The van der Waals surface area contributed by atoms with Gasteiger partial charge in [0.25, 0.3) is 5.91 Å². The lowest BCUT2D eigenvalue weighted by atomic mass is 10.0. The van der Waals surface area contributed by atoms with Crippen molar-refractivity contribution in [2.24, 2.45) is 5.14 Å². The van der Waals surface area contributed by atoms with Crippen LogP contribution >= 0.6 is 0 Å². The topological polar surface area (TPSA) is 92.5 Å². The van der Waals surface area contributed by atoms with Crippen LogP contribution in [0, 0.1) is 13.8 Å². The molecule has 1 heterocycles. The Balaban J connectivity index is 1.82. The van der Waals surface area contributed by atoms with Crippen LogP contribution in [-0.4, -0.2) is 38.9 Å². The van der Waals surface area contributed by atoms with Gasteiger partial charge in [-0.2, -0.15) is 0 Å². The molecule has 3 N–H and O–H groups in total. The number of benzene rings is 2. The first-order chi connectivity index (χ1) is 14.3. The molecule has 162 valence electrons. The molecule has 0 aliphatic carbocycles. The second-order valence-corrected chi connectivity index (χ2v) is 9.58. The van der Waals surface area contributed by atoms with Crippen molar-refractivity contribution in [2.75, 3.05) is 19.6 Å². The van der Waals surface area contributed by atoms with Gasteiger partial charge in [0.05, 0.1) is 10.9 Å². The minimum absolute atomic E-state index is 0.000206. The normalized spacial score (nSPS) is 16.6. The molecular weight excluding hydrogens is 398 g/mol. The molecule has 1 aliphatic rings. The lowest BCUT2D eigenvalue weighted by molar-refractivity contribution is 0.0933. The van der Waals surface area contributed by atoms with Crippen LogP contribution in [0.25, 0.3) is 0 Å². The molecule has 7 heteroatoms. The van der Waals surface area contributed by atoms with Crippen LogP contribution in [0.1, 0.15) is 58.8 Å². The van der Waals surface area contributed by atoms with Crippen molar-refractivity contribution < 1.29 is 13.2 Å². The summed E-state index contributed by atoms with van der Waals surface area (Å²) >= 11 is 0. The van der Waals surface area contributed by atoms with Crippen LogP contribution in [0.4, 0.5) is 0 Å². The average molecular weight is 430 g/mol. The van der Waals surface area contributed by atoms with Crippen LogP contribution < -0.4 is 10.5 Å². The number of hydrogen-bond donors (Lipinski definition) is 2. The minimum atomic E-state index is -3.90. The molecule has 1 unspecified atom stereocenters. The predicted molar refractivity (Wildman–Crippen MR) is 119 cm³/mol. The number of hydrogen-bond acceptors (Lipinski definition) is 4. The van der Waals surface area contributed by atoms with Crippen LogP contribution in [0.2, 0.25) is 0 Å². The molecule has 30 heavy (non-hydrogen) atoms. The zero-order valence-electron chi connectivity index (χ0n) is 17.7. The Morgan fingerprint density at radius 3 is 2.30 bits per heavy atom. The fraction of sp³-hybridized carbons (Fsp3) is 0.435. The molecular formula is C23H31N3O3S. The molecule has 0 saturated carbocycles. The van der Waals surface area contributed by atoms with E-state index in [2.05, 4.69) is 22.3 Å². The number of nitrogens with two attached hydrogens (primary N) is 1. The first-order valence-electron chi connectivity index (χ1n) is 10.5. The molecule has 0 radical (unpaired) electrons. The summed E-state index contributed by atoms with van der Waals surface area (Å²) in [6.07, 6.45) is 4.80. The highest BCUT2D eigenvalue weighted by Crippen LogP contribution is 2.24. The fourth-order valence-corrected chi connectivity index (χ4v) is 4.96. The van der Waals surface area contributed by atoms with E-state index in [9.17, 15) is 13.2 Å². The Bertz CT molecular complexity index is 982. The Morgan fingerprint density at radius 2 is 1.70 bits per heavy atom. The number of carbonyl (C=O) groups is 1. The molecule has 1 amide bonds. The van der Waals surface area contributed by atoms with Crippen LogP contribution in [0.15, 0.2) is 47.4 Å². The second kappa shape index (κ2) is 9.73. The Hall–Kier alpha value is -2.22. The summed E-state index contributed by atoms with van der Waals surface area (Å²) in [5, 5.41) is 8.36. The Kier molecular flexibility index (Phi) is 7.28. The van der Waals surface area contributed by atoms with Gasteiger partial charge in [-0.1, -0.05) is 43.2 Å². The van der Waals surface area contributed by atoms with Gasteiger partial charge in [0.1, 0.15) is 0 Å². The number of likely N-dealkylation sites (tertiary alicyclic amines) is 1. The van der Waals surface area contributed by atoms with Gasteiger partial charge in [-0.05, 0) is 68.6 Å². The van der Waals surface area contributed by atoms with Gasteiger partial charge in [0.2, 0.25) is 10.0 Å². The average Bonchev–Trinajstić information content (AvgIpc) is 2.99. The lowest BCUT2D eigenvalue weighted by Crippen LogP contribution is -2.38. The van der Waals surface area contributed by atoms with Gasteiger partial charge in [-0.25, -0.2) is 13.6 Å². The predicted octanol–water partition coefficient (Wildman–Crippen LogP) is 3.30. The van der Waals surface area contributed by atoms with E-state index in [4.69, 9.17) is 5.14 Å². The maximum Gasteiger partial charge on any atom is 0.251 e. The van der Waals surface area contributed by atoms with Crippen LogP contribution in [0.5, 0.6) is 0 Å². The van der Waals surface area contributed by atoms with E-state index in [1.807, 2.05) is 18.2 Å². The highest BCUT2D eigenvalue weighted by atomic mass is 32.2. The lowest BCUT2D eigenvalue weighted by Gasteiger charge is -2.31. The third-order valence-corrected chi connectivity index (χ3v) is 6.95. The largest absolute Gasteiger partial charge is 0.350 e. The van der Waals surface area contributed by atoms with Crippen molar-refractivity contribution in [1.29, 1.82) is 0 Å². The van der Waals surface area contributed by atoms with Crippen LogP contribution in [-0.2, 0) is 10.0 Å². The zero-order valence-corrected chi connectivity index (χ0v) is 18.5. The Labute approximate surface area is 179 Å². The maximum atomic E-state index is 12.9. The maximum absolute atomic E-state index is 12.9. The summed E-state index contributed by atoms with van der Waals surface area (Å²) in [5.41, 5.74) is 2.77. The molecule has 0 bridgehead atoms. The molecule has 0 spiro atoms. The van der Waals surface area contributed by atoms with Crippen molar-refractivity contribution in [1.82, 2.24) is 10.2 Å². The molecule has 1 aliphatic heterocycles. The van der Waals surface area contributed by atoms with Gasteiger partial charge in [-0.3, -0.25) is 9.69 Å². The van der Waals surface area contributed by atoms with E-state index in [0.29, 0.717) is 17.7 Å². The first-order valence-corrected chi connectivity index (χ1v) is 12.0. The van der Waals surface area contributed by atoms with Crippen molar-refractivity contribution in [3.05, 3.63) is 64.7 Å². The quantitative estimate of drug-likeness (QED) is 0.737. The monoisotopic (exact) mass is 429 g/mol. The SMILES string of the molecule is Cc1cc(C(=O)NCC(c2ccccc2)N2CCCCCC2)cc(S(N)(=O)=O)c1C. The third-order valence-electron chi connectivity index (χ3n) is 5.91. The molecule has 2 aromatic rings. The van der Waals surface area contributed by atoms with Crippen molar-refractivity contribution in [3.8, 4) is 0 Å². The van der Waals surface area contributed by atoms with E-state index in [1.54, 1.807) is 19.9 Å². The molecule has 3 rings (SSSR count). The van der Waals surface area contributed by atoms with Gasteiger partial charge in [-0.15, -0.1) is 0 Å². The highest BCUT2D eigenvalue weighted by molar-refractivity contribution is 7.89. The van der Waals surface area contributed by atoms with Gasteiger partial charge >= 0.3 is 0 Å². The number of nitrogens with zero attached hydrogens (tertiary/aromatic N) is 1. The molecule has 1 fully saturated rings. The summed E-state index contributed by atoms with van der Waals surface area (Å²) in [4.78, 5) is 15.4. The van der Waals surface area contributed by atoms with E-state index in [-0.39, 0.29) is 16.8 Å². The number of primary sulfonamides is 1. The summed E-state index contributed by atoms with van der Waals surface area (Å²) in [6.45, 7) is 5.95. The minimum Gasteiger partial charge on any atom is -0.350 e. The van der Waals surface area contributed by atoms with E-state index in [1.165, 1.54) is 24.5 Å². The second-order valence-electron chi connectivity index (χ2n) is 8.05. The summed E-state index contributed by atoms with van der Waals surface area (Å²) in [6, 6.07) is 13.4. The van der Waals surface area contributed by atoms with Crippen LogP contribution in [0.3, 0.4) is 0 Å². The third kappa shape index (κ3) is 5.47. The number of nitrogens with one attached hydrogen (secondary N) is 1. The van der Waals surface area contributed by atoms with Crippen molar-refractivity contribution in [3.63, 3.8) is 0 Å². The first kappa shape index (κ1) is 22.5. The number of sulfonamides is 1. The molecule has 2 aromatic carbocycles. The number of amides is 1. The fourth-order valence-electron chi connectivity index (χ4n) is 4.08. The van der Waals surface area contributed by atoms with E-state index >= 15 is 0 Å². The van der Waals surface area contributed by atoms with Crippen molar-refractivity contribution in [2.45, 2.75) is 50.5 Å².